The van der Waals surface area contributed by atoms with Crippen LogP contribution in [0.5, 0.6) is 0 Å². The second-order valence-corrected chi connectivity index (χ2v) is 5.79. The van der Waals surface area contributed by atoms with Crippen LogP contribution in [0.15, 0.2) is 12.3 Å². The quantitative estimate of drug-likeness (QED) is 0.747. The molecule has 0 aromatic carbocycles. The summed E-state index contributed by atoms with van der Waals surface area (Å²) in [6.07, 6.45) is 6.44. The molecule has 0 spiro atoms. The molecule has 2 rings (SSSR count). The van der Waals surface area contributed by atoms with Crippen molar-refractivity contribution in [1.29, 1.82) is 0 Å². The monoisotopic (exact) mass is 280 g/mol. The fourth-order valence-corrected chi connectivity index (χ4v) is 2.73. The molecule has 1 aromatic rings. The van der Waals surface area contributed by atoms with E-state index in [0.29, 0.717) is 12.4 Å². The lowest BCUT2D eigenvalue weighted by Gasteiger charge is -2.35. The highest BCUT2D eigenvalue weighted by atomic mass is 16.3. The molecule has 0 atom stereocenters. The first-order valence-electron chi connectivity index (χ1n) is 7.29. The van der Waals surface area contributed by atoms with E-state index in [4.69, 9.17) is 5.73 Å². The van der Waals surface area contributed by atoms with Gasteiger partial charge in [0.05, 0.1) is 5.60 Å². The highest BCUT2D eigenvalue weighted by Crippen LogP contribution is 2.33. The molecule has 1 aliphatic carbocycles. The van der Waals surface area contributed by atoms with Gasteiger partial charge < -0.3 is 16.2 Å². The van der Waals surface area contributed by atoms with E-state index >= 15 is 0 Å². The van der Waals surface area contributed by atoms with Crippen molar-refractivity contribution in [2.45, 2.75) is 51.2 Å². The molecule has 0 unspecified atom stereocenters. The molecule has 4 N–H and O–H groups in total. The topological polar surface area (TPSA) is 93.2 Å². The van der Waals surface area contributed by atoms with Gasteiger partial charge in [-0.05, 0) is 37.7 Å². The molecule has 1 fully saturated rings. The van der Waals surface area contributed by atoms with Gasteiger partial charge in [0.1, 0.15) is 12.4 Å². The number of hydrogen-bond donors (Lipinski definition) is 3. The van der Waals surface area contributed by atoms with Crippen LogP contribution in [-0.4, -0.2) is 32.9 Å². The number of carbonyl (C=O) groups excluding carboxylic acids is 1. The number of nitrogens with zero attached hydrogens (tertiary/aromatic N) is 2. The number of amides is 1. The van der Waals surface area contributed by atoms with Gasteiger partial charge in [-0.3, -0.25) is 9.48 Å². The lowest BCUT2D eigenvalue weighted by Crippen LogP contribution is -2.46. The molecule has 1 saturated carbocycles. The Labute approximate surface area is 119 Å². The van der Waals surface area contributed by atoms with Gasteiger partial charge in [-0.25, -0.2) is 0 Å². The van der Waals surface area contributed by atoms with E-state index < -0.39 is 5.60 Å². The van der Waals surface area contributed by atoms with E-state index in [2.05, 4.69) is 17.3 Å². The molecule has 1 amide bonds. The molecule has 0 aliphatic heterocycles. The number of anilines is 1. The Morgan fingerprint density at radius 1 is 1.60 bits per heavy atom. The minimum Gasteiger partial charge on any atom is -0.388 e. The van der Waals surface area contributed by atoms with Crippen LogP contribution in [0.1, 0.15) is 39.0 Å². The lowest BCUT2D eigenvalue weighted by atomic mass is 9.78. The van der Waals surface area contributed by atoms with E-state index in [0.717, 1.165) is 31.6 Å². The zero-order valence-electron chi connectivity index (χ0n) is 12.0. The van der Waals surface area contributed by atoms with Crippen LogP contribution in [-0.2, 0) is 11.3 Å². The van der Waals surface area contributed by atoms with Gasteiger partial charge in [0.2, 0.25) is 5.91 Å². The van der Waals surface area contributed by atoms with Crippen molar-refractivity contribution in [2.75, 3.05) is 12.3 Å². The Morgan fingerprint density at radius 3 is 2.85 bits per heavy atom. The van der Waals surface area contributed by atoms with E-state index in [1.807, 2.05) is 0 Å². The second kappa shape index (κ2) is 6.26. The summed E-state index contributed by atoms with van der Waals surface area (Å²) in [6.45, 7) is 2.64. The minimum atomic E-state index is -0.746. The maximum Gasteiger partial charge on any atom is 0.241 e. The molecule has 1 aromatic heterocycles. The van der Waals surface area contributed by atoms with E-state index in [1.54, 1.807) is 12.3 Å². The van der Waals surface area contributed by atoms with Crippen molar-refractivity contribution < 1.29 is 9.90 Å². The first kappa shape index (κ1) is 14.8. The number of carbonyl (C=O) groups is 1. The first-order chi connectivity index (χ1) is 9.50. The molecular weight excluding hydrogens is 256 g/mol. The predicted molar refractivity (Wildman–Crippen MR) is 76.8 cm³/mol. The Morgan fingerprint density at radius 2 is 2.30 bits per heavy atom. The lowest BCUT2D eigenvalue weighted by molar-refractivity contribution is -0.123. The Bertz CT molecular complexity index is 450. The third-order valence-electron chi connectivity index (χ3n) is 4.19. The molecule has 1 heterocycles. The summed E-state index contributed by atoms with van der Waals surface area (Å²) in [5.74, 6) is 0.964. The van der Waals surface area contributed by atoms with E-state index in [-0.39, 0.29) is 12.5 Å². The van der Waals surface area contributed by atoms with Gasteiger partial charge in [0, 0.05) is 12.7 Å². The zero-order valence-corrected chi connectivity index (χ0v) is 12.0. The van der Waals surface area contributed by atoms with Crippen molar-refractivity contribution in [3.05, 3.63) is 12.3 Å². The predicted octanol–water partition coefficient (Wildman–Crippen LogP) is 0.913. The van der Waals surface area contributed by atoms with Gasteiger partial charge in [-0.2, -0.15) is 5.10 Å². The standard InChI is InChI=1S/C14H24N4O2/c1-2-11-3-6-14(20,7-4-11)10-16-13(19)9-18-8-5-12(15)17-18/h5,8,11,20H,2-4,6-7,9-10H2,1H3,(H2,15,17)(H,16,19). The number of rotatable bonds is 5. The van der Waals surface area contributed by atoms with E-state index in [9.17, 15) is 9.90 Å². The average Bonchev–Trinajstić information content (AvgIpc) is 2.83. The summed E-state index contributed by atoms with van der Waals surface area (Å²) in [6, 6.07) is 1.65. The van der Waals surface area contributed by atoms with Crippen LogP contribution in [0.3, 0.4) is 0 Å². The number of nitrogens with one attached hydrogen (secondary N) is 1. The highest BCUT2D eigenvalue weighted by molar-refractivity contribution is 5.75. The van der Waals surface area contributed by atoms with Crippen molar-refractivity contribution in [1.82, 2.24) is 15.1 Å². The average molecular weight is 280 g/mol. The third-order valence-corrected chi connectivity index (χ3v) is 4.19. The summed E-state index contributed by atoms with van der Waals surface area (Å²) < 4.78 is 1.49. The van der Waals surface area contributed by atoms with Crippen LogP contribution < -0.4 is 11.1 Å². The Hall–Kier alpha value is -1.56. The summed E-state index contributed by atoms with van der Waals surface area (Å²) >= 11 is 0. The van der Waals surface area contributed by atoms with Crippen LogP contribution in [0.25, 0.3) is 0 Å². The SMILES string of the molecule is CCC1CCC(O)(CNC(=O)Cn2ccc(N)n2)CC1. The number of nitrogen functional groups attached to an aromatic ring is 1. The minimum absolute atomic E-state index is 0.130. The van der Waals surface area contributed by atoms with Crippen molar-refractivity contribution in [3.63, 3.8) is 0 Å². The van der Waals surface area contributed by atoms with Crippen molar-refractivity contribution >= 4 is 11.7 Å². The fraction of sp³-hybridized carbons (Fsp3) is 0.714. The smallest absolute Gasteiger partial charge is 0.241 e. The molecule has 6 nitrogen and oxygen atoms in total. The van der Waals surface area contributed by atoms with Crippen LogP contribution in [0.2, 0.25) is 0 Å². The Kier molecular flexibility index (Phi) is 4.65. The number of nitrogens with two attached hydrogens (primary N) is 1. The second-order valence-electron chi connectivity index (χ2n) is 5.79. The molecule has 0 saturated heterocycles. The first-order valence-corrected chi connectivity index (χ1v) is 7.29. The zero-order chi connectivity index (χ0) is 14.6. The molecule has 1 aliphatic rings. The third kappa shape index (κ3) is 3.96. The van der Waals surface area contributed by atoms with Crippen molar-refractivity contribution in [3.8, 4) is 0 Å². The fourth-order valence-electron chi connectivity index (χ4n) is 2.73. The molecule has 0 bridgehead atoms. The van der Waals surface area contributed by atoms with Gasteiger partial charge in [-0.15, -0.1) is 0 Å². The summed E-state index contributed by atoms with van der Waals surface area (Å²) in [4.78, 5) is 11.8. The maximum absolute atomic E-state index is 11.8. The maximum atomic E-state index is 11.8. The van der Waals surface area contributed by atoms with Gasteiger partial charge in [0.15, 0.2) is 0 Å². The summed E-state index contributed by atoms with van der Waals surface area (Å²) in [5, 5.41) is 17.2. The molecule has 0 radical (unpaired) electrons. The van der Waals surface area contributed by atoms with Crippen LogP contribution >= 0.6 is 0 Å². The summed E-state index contributed by atoms with van der Waals surface area (Å²) in [7, 11) is 0. The van der Waals surface area contributed by atoms with Gasteiger partial charge in [-0.1, -0.05) is 13.3 Å². The number of hydrogen-bond acceptors (Lipinski definition) is 4. The largest absolute Gasteiger partial charge is 0.388 e. The molecular formula is C14H24N4O2. The van der Waals surface area contributed by atoms with E-state index in [1.165, 1.54) is 11.1 Å². The summed E-state index contributed by atoms with van der Waals surface area (Å²) in [5.41, 5.74) is 4.74. The molecule has 20 heavy (non-hydrogen) atoms. The van der Waals surface area contributed by atoms with Crippen LogP contribution in [0.4, 0.5) is 5.82 Å². The molecule has 112 valence electrons. The normalized spacial score (nSPS) is 26.4. The highest BCUT2D eigenvalue weighted by Gasteiger charge is 2.32. The number of aliphatic hydroxyl groups is 1. The Balaban J connectivity index is 1.75. The van der Waals surface area contributed by atoms with Gasteiger partial charge >= 0.3 is 0 Å². The van der Waals surface area contributed by atoms with Crippen LogP contribution in [0, 0.1) is 5.92 Å². The molecule has 6 heteroatoms. The van der Waals surface area contributed by atoms with Crippen molar-refractivity contribution in [2.24, 2.45) is 5.92 Å². The number of aromatic nitrogens is 2. The van der Waals surface area contributed by atoms with Gasteiger partial charge in [0.25, 0.3) is 0 Å².